The number of hydrogen-bond donors (Lipinski definition) is 1. The number of carbonyl (C=O) groups excluding carboxylic acids is 1. The second kappa shape index (κ2) is 7.89. The largest absolute Gasteiger partial charge is 0.573 e. The third kappa shape index (κ3) is 4.83. The van der Waals surface area contributed by atoms with Crippen LogP contribution in [0, 0.1) is 5.41 Å². The molecule has 1 atom stereocenters. The van der Waals surface area contributed by atoms with E-state index >= 15 is 0 Å². The van der Waals surface area contributed by atoms with E-state index in [1.165, 1.54) is 18.9 Å². The van der Waals surface area contributed by atoms with Crippen LogP contribution in [0.25, 0.3) is 11.6 Å². The van der Waals surface area contributed by atoms with Crippen LogP contribution in [0.15, 0.2) is 16.5 Å². The summed E-state index contributed by atoms with van der Waals surface area (Å²) in [6.07, 6.45) is -0.283. The first-order valence-electron chi connectivity index (χ1n) is 9.88. The van der Waals surface area contributed by atoms with Gasteiger partial charge in [-0.15, -0.1) is 18.3 Å². The number of methoxy groups -OCH3 is 1. The predicted octanol–water partition coefficient (Wildman–Crippen LogP) is 3.24. The van der Waals surface area contributed by atoms with Crippen molar-refractivity contribution in [2.75, 3.05) is 25.5 Å². The highest BCUT2D eigenvalue weighted by atomic mass is 19.4. The number of pyridine rings is 1. The Bertz CT molecular complexity index is 950. The monoisotopic (exact) mass is 441 g/mol. The average molecular weight is 441 g/mol. The molecule has 1 amide bonds. The average Bonchev–Trinajstić information content (AvgIpc) is 3.31. The Labute approximate surface area is 175 Å². The molecule has 12 heteroatoms. The van der Waals surface area contributed by atoms with Crippen LogP contribution in [0.5, 0.6) is 11.6 Å². The van der Waals surface area contributed by atoms with Gasteiger partial charge in [-0.1, -0.05) is 5.10 Å². The number of alkyl halides is 3. The lowest BCUT2D eigenvalue weighted by Gasteiger charge is -2.33. The Morgan fingerprint density at radius 1 is 1.23 bits per heavy atom. The summed E-state index contributed by atoms with van der Waals surface area (Å²) in [7, 11) is 1.16. The van der Waals surface area contributed by atoms with Gasteiger partial charge in [0.1, 0.15) is 11.7 Å². The minimum atomic E-state index is -4.88. The standard InChI is InChI=1S/C19H22F3N5O4/c1-11(16(28)27-9-7-18(5-6-18)8-10-27)23-17-26-25-14(30-17)12-3-4-13(15(24-12)29-2)31-19(20,21)22/h3-4,11H,5-10H2,1-2H3,(H,23,26)/t11-/m0/s1. The van der Waals surface area contributed by atoms with Gasteiger partial charge < -0.3 is 24.1 Å². The first-order chi connectivity index (χ1) is 14.7. The number of carbonyl (C=O) groups is 1. The summed E-state index contributed by atoms with van der Waals surface area (Å²) in [5.74, 6) is -1.08. The number of halogens is 3. The molecule has 168 valence electrons. The van der Waals surface area contributed by atoms with Crippen molar-refractivity contribution in [2.24, 2.45) is 5.41 Å². The third-order valence-electron chi connectivity index (χ3n) is 5.69. The highest BCUT2D eigenvalue weighted by Gasteiger charge is 2.45. The number of nitrogens with zero attached hydrogens (tertiary/aromatic N) is 4. The molecule has 1 aliphatic carbocycles. The van der Waals surface area contributed by atoms with E-state index < -0.39 is 18.2 Å². The second-order valence-corrected chi connectivity index (χ2v) is 7.86. The SMILES string of the molecule is COc1nc(-c2nnc(N[C@@H](C)C(=O)N3CCC4(CC3)CC4)o2)ccc1OC(F)(F)F. The molecule has 31 heavy (non-hydrogen) atoms. The number of likely N-dealkylation sites (tertiary alicyclic amines) is 1. The minimum Gasteiger partial charge on any atom is -0.478 e. The van der Waals surface area contributed by atoms with E-state index in [-0.39, 0.29) is 29.4 Å². The second-order valence-electron chi connectivity index (χ2n) is 7.86. The number of rotatable bonds is 6. The zero-order valence-electron chi connectivity index (χ0n) is 17.0. The molecule has 1 saturated carbocycles. The number of aromatic nitrogens is 3. The van der Waals surface area contributed by atoms with Crippen molar-refractivity contribution < 1.29 is 31.9 Å². The van der Waals surface area contributed by atoms with Crippen molar-refractivity contribution in [3.05, 3.63) is 12.1 Å². The zero-order chi connectivity index (χ0) is 22.2. The molecule has 2 aromatic heterocycles. The van der Waals surface area contributed by atoms with Crippen molar-refractivity contribution >= 4 is 11.9 Å². The van der Waals surface area contributed by atoms with Crippen LogP contribution in [0.2, 0.25) is 0 Å². The van der Waals surface area contributed by atoms with Crippen molar-refractivity contribution in [1.82, 2.24) is 20.1 Å². The highest BCUT2D eigenvalue weighted by molar-refractivity contribution is 5.83. The number of piperidine rings is 1. The summed E-state index contributed by atoms with van der Waals surface area (Å²) in [5.41, 5.74) is 0.570. The van der Waals surface area contributed by atoms with Gasteiger partial charge in [-0.3, -0.25) is 4.79 Å². The van der Waals surface area contributed by atoms with Crippen molar-refractivity contribution in [2.45, 2.75) is 45.0 Å². The van der Waals surface area contributed by atoms with Crippen molar-refractivity contribution in [1.29, 1.82) is 0 Å². The topological polar surface area (TPSA) is 103 Å². The maximum absolute atomic E-state index is 12.7. The van der Waals surface area contributed by atoms with Gasteiger partial charge in [0.05, 0.1) is 7.11 Å². The molecule has 0 aromatic carbocycles. The normalized spacial score (nSPS) is 18.5. The molecule has 0 radical (unpaired) electrons. The fourth-order valence-corrected chi connectivity index (χ4v) is 3.68. The molecular weight excluding hydrogens is 419 g/mol. The lowest BCUT2D eigenvalue weighted by molar-refractivity contribution is -0.275. The molecule has 9 nitrogen and oxygen atoms in total. The molecule has 0 bridgehead atoms. The molecule has 1 spiro atoms. The molecule has 0 unspecified atom stereocenters. The van der Waals surface area contributed by atoms with Crippen LogP contribution in [-0.4, -0.2) is 58.6 Å². The quantitative estimate of drug-likeness (QED) is 0.729. The van der Waals surface area contributed by atoms with Gasteiger partial charge in [-0.25, -0.2) is 4.98 Å². The van der Waals surface area contributed by atoms with E-state index in [4.69, 9.17) is 9.15 Å². The highest BCUT2D eigenvalue weighted by Crippen LogP contribution is 2.53. The Balaban J connectivity index is 1.40. The first kappa shape index (κ1) is 21.2. The number of amides is 1. The Morgan fingerprint density at radius 2 is 1.94 bits per heavy atom. The van der Waals surface area contributed by atoms with Crippen LogP contribution in [0.1, 0.15) is 32.6 Å². The summed E-state index contributed by atoms with van der Waals surface area (Å²) in [6.45, 7) is 3.20. The molecule has 1 N–H and O–H groups in total. The van der Waals surface area contributed by atoms with E-state index in [2.05, 4.69) is 25.2 Å². The fourth-order valence-electron chi connectivity index (χ4n) is 3.68. The third-order valence-corrected chi connectivity index (χ3v) is 5.69. The van der Waals surface area contributed by atoms with Crippen LogP contribution in [-0.2, 0) is 4.79 Å². The fraction of sp³-hybridized carbons (Fsp3) is 0.579. The van der Waals surface area contributed by atoms with Gasteiger partial charge in [-0.2, -0.15) is 0 Å². The van der Waals surface area contributed by atoms with Crippen LogP contribution in [0.3, 0.4) is 0 Å². The van der Waals surface area contributed by atoms with E-state index in [0.29, 0.717) is 5.41 Å². The molecule has 4 rings (SSSR count). The van der Waals surface area contributed by atoms with Crippen molar-refractivity contribution in [3.8, 4) is 23.2 Å². The van der Waals surface area contributed by atoms with E-state index in [1.54, 1.807) is 6.92 Å². The van der Waals surface area contributed by atoms with Gasteiger partial charge in [0.25, 0.3) is 11.8 Å². The lowest BCUT2D eigenvalue weighted by atomic mass is 9.93. The van der Waals surface area contributed by atoms with Crippen LogP contribution >= 0.6 is 0 Å². The van der Waals surface area contributed by atoms with Gasteiger partial charge in [0, 0.05) is 13.1 Å². The van der Waals surface area contributed by atoms with Crippen LogP contribution in [0.4, 0.5) is 19.2 Å². The Morgan fingerprint density at radius 3 is 2.55 bits per heavy atom. The zero-order valence-corrected chi connectivity index (χ0v) is 17.0. The summed E-state index contributed by atoms with van der Waals surface area (Å²) >= 11 is 0. The lowest BCUT2D eigenvalue weighted by Crippen LogP contribution is -2.45. The maximum atomic E-state index is 12.7. The molecule has 2 aliphatic rings. The Kier molecular flexibility index (Phi) is 5.40. The predicted molar refractivity (Wildman–Crippen MR) is 101 cm³/mol. The van der Waals surface area contributed by atoms with Gasteiger partial charge in [0.15, 0.2) is 5.75 Å². The van der Waals surface area contributed by atoms with Gasteiger partial charge in [0.2, 0.25) is 5.91 Å². The number of hydrogen-bond acceptors (Lipinski definition) is 8. The summed E-state index contributed by atoms with van der Waals surface area (Å²) in [6, 6.07) is 1.70. The van der Waals surface area contributed by atoms with Gasteiger partial charge >= 0.3 is 12.4 Å². The Hall–Kier alpha value is -3.05. The maximum Gasteiger partial charge on any atom is 0.573 e. The molecule has 2 fully saturated rings. The van der Waals surface area contributed by atoms with E-state index in [1.807, 2.05) is 4.90 Å². The smallest absolute Gasteiger partial charge is 0.478 e. The first-order valence-corrected chi connectivity index (χ1v) is 9.88. The molecule has 3 heterocycles. The summed E-state index contributed by atoms with van der Waals surface area (Å²) < 4.78 is 51.6. The molecule has 1 saturated heterocycles. The number of ether oxygens (including phenoxy) is 2. The van der Waals surface area contributed by atoms with Crippen LogP contribution < -0.4 is 14.8 Å². The molecule has 1 aliphatic heterocycles. The molecular formula is C19H22F3N5O4. The van der Waals surface area contributed by atoms with Gasteiger partial charge in [-0.05, 0) is 50.2 Å². The molecule has 2 aromatic rings. The number of nitrogens with one attached hydrogen (secondary N) is 1. The van der Waals surface area contributed by atoms with E-state index in [0.717, 1.165) is 39.1 Å². The minimum absolute atomic E-state index is 0.00269. The number of anilines is 1. The summed E-state index contributed by atoms with van der Waals surface area (Å²) in [4.78, 5) is 18.4. The van der Waals surface area contributed by atoms with E-state index in [9.17, 15) is 18.0 Å². The van der Waals surface area contributed by atoms with Crippen molar-refractivity contribution in [3.63, 3.8) is 0 Å². The summed E-state index contributed by atoms with van der Waals surface area (Å²) in [5, 5.41) is 10.5.